The van der Waals surface area contributed by atoms with Gasteiger partial charge in [0.1, 0.15) is 12.0 Å². The van der Waals surface area contributed by atoms with E-state index in [1.165, 1.54) is 0 Å². The van der Waals surface area contributed by atoms with Gasteiger partial charge in [-0.3, -0.25) is 13.7 Å². The fraction of sp³-hybridized carbons (Fsp3) is 0.250. The molecular weight excluding hydrogens is 382 g/mol. The van der Waals surface area contributed by atoms with Crippen LogP contribution in [0.1, 0.15) is 0 Å². The molecule has 4 aromatic heterocycles. The maximum atomic E-state index is 12.4. The van der Waals surface area contributed by atoms with Crippen molar-refractivity contribution in [1.82, 2.24) is 38.2 Å². The third-order valence-corrected chi connectivity index (χ3v) is 5.41. The second-order valence-electron chi connectivity index (χ2n) is 7.50. The Labute approximate surface area is 171 Å². The molecule has 0 amide bonds. The van der Waals surface area contributed by atoms with Gasteiger partial charge in [0.2, 0.25) is 0 Å². The van der Waals surface area contributed by atoms with Crippen molar-refractivity contribution >= 4 is 28.0 Å². The highest BCUT2D eigenvalue weighted by Gasteiger charge is 2.22. The maximum Gasteiger partial charge on any atom is 0.328 e. The minimum absolute atomic E-state index is 0.0679. The van der Waals surface area contributed by atoms with E-state index in [0.717, 1.165) is 28.2 Å². The summed E-state index contributed by atoms with van der Waals surface area (Å²) in [6, 6.07) is 5.90. The van der Waals surface area contributed by atoms with Crippen LogP contribution in [-0.4, -0.2) is 52.3 Å². The molecule has 5 rings (SSSR count). The molecule has 0 saturated carbocycles. The zero-order valence-electron chi connectivity index (χ0n) is 17.4. The first-order chi connectivity index (χ1) is 14.4. The SMILES string of the molecule is CN(C)c1ncnc2c1nc(-c1cncn1C)n2-c1ccc2c(c1)n(C)c(=O)n2C. The van der Waals surface area contributed by atoms with Gasteiger partial charge in [0.15, 0.2) is 22.8 Å². The minimum Gasteiger partial charge on any atom is -0.361 e. The number of rotatable bonds is 3. The van der Waals surface area contributed by atoms with Gasteiger partial charge in [-0.05, 0) is 18.2 Å². The van der Waals surface area contributed by atoms with Crippen LogP contribution in [-0.2, 0) is 21.1 Å². The summed E-state index contributed by atoms with van der Waals surface area (Å²) >= 11 is 0. The normalized spacial score (nSPS) is 11.6. The highest BCUT2D eigenvalue weighted by atomic mass is 16.1. The first-order valence-electron chi connectivity index (χ1n) is 9.41. The number of aromatic nitrogens is 8. The lowest BCUT2D eigenvalue weighted by Gasteiger charge is -2.11. The molecule has 10 heteroatoms. The number of anilines is 1. The van der Waals surface area contributed by atoms with Crippen LogP contribution in [0.2, 0.25) is 0 Å². The highest BCUT2D eigenvalue weighted by Crippen LogP contribution is 2.31. The number of hydrogen-bond donors (Lipinski definition) is 0. The first kappa shape index (κ1) is 18.1. The second-order valence-corrected chi connectivity index (χ2v) is 7.50. The fourth-order valence-corrected chi connectivity index (χ4v) is 3.83. The zero-order valence-corrected chi connectivity index (χ0v) is 17.4. The van der Waals surface area contributed by atoms with Crippen molar-refractivity contribution in [3.63, 3.8) is 0 Å². The van der Waals surface area contributed by atoms with Crippen molar-refractivity contribution in [3.8, 4) is 17.2 Å². The number of hydrogen-bond acceptors (Lipinski definition) is 6. The van der Waals surface area contributed by atoms with Crippen LogP contribution in [0.25, 0.3) is 39.4 Å². The summed E-state index contributed by atoms with van der Waals surface area (Å²) in [6.45, 7) is 0. The van der Waals surface area contributed by atoms with Crippen molar-refractivity contribution in [1.29, 1.82) is 0 Å². The van der Waals surface area contributed by atoms with Gasteiger partial charge in [-0.25, -0.2) is 24.7 Å². The van der Waals surface area contributed by atoms with E-state index in [9.17, 15) is 4.79 Å². The average molecular weight is 403 g/mol. The van der Waals surface area contributed by atoms with E-state index in [1.54, 1.807) is 42.1 Å². The first-order valence-corrected chi connectivity index (χ1v) is 9.41. The third-order valence-electron chi connectivity index (χ3n) is 5.41. The standard InChI is InChI=1S/C20H21N9O/c1-25(2)18-16-19(23-10-22-18)29(17(24-16)15-9-21-11-26(15)3)12-6-7-13-14(8-12)28(5)20(30)27(13)4/h6-11H,1-5H3. The topological polar surface area (TPSA) is 91.6 Å². The van der Waals surface area contributed by atoms with Crippen LogP contribution >= 0.6 is 0 Å². The molecule has 0 radical (unpaired) electrons. The van der Waals surface area contributed by atoms with Gasteiger partial charge < -0.3 is 9.47 Å². The molecule has 0 saturated heterocycles. The number of fused-ring (bicyclic) bond motifs is 2. The molecule has 0 atom stereocenters. The van der Waals surface area contributed by atoms with Crippen LogP contribution < -0.4 is 10.6 Å². The lowest BCUT2D eigenvalue weighted by Crippen LogP contribution is -2.19. The van der Waals surface area contributed by atoms with Crippen molar-refractivity contribution in [2.45, 2.75) is 0 Å². The largest absolute Gasteiger partial charge is 0.361 e. The molecule has 0 aliphatic heterocycles. The van der Waals surface area contributed by atoms with Crippen molar-refractivity contribution in [2.75, 3.05) is 19.0 Å². The van der Waals surface area contributed by atoms with E-state index >= 15 is 0 Å². The Morgan fingerprint density at radius 1 is 1.00 bits per heavy atom. The molecule has 30 heavy (non-hydrogen) atoms. The summed E-state index contributed by atoms with van der Waals surface area (Å²) < 4.78 is 7.18. The second kappa shape index (κ2) is 6.28. The molecule has 152 valence electrons. The summed E-state index contributed by atoms with van der Waals surface area (Å²) in [4.78, 5) is 32.4. The van der Waals surface area contributed by atoms with E-state index in [-0.39, 0.29) is 5.69 Å². The predicted molar refractivity (Wildman–Crippen MR) is 115 cm³/mol. The Balaban J connectivity index is 1.89. The Kier molecular flexibility index (Phi) is 3.79. The maximum absolute atomic E-state index is 12.4. The van der Waals surface area contributed by atoms with Gasteiger partial charge >= 0.3 is 5.69 Å². The Morgan fingerprint density at radius 3 is 2.47 bits per heavy atom. The Bertz CT molecular complexity index is 1480. The van der Waals surface area contributed by atoms with Gasteiger partial charge in [-0.2, -0.15) is 0 Å². The zero-order chi connectivity index (χ0) is 21.2. The number of imidazole rings is 3. The number of benzene rings is 1. The van der Waals surface area contributed by atoms with Gasteiger partial charge in [0.25, 0.3) is 0 Å². The van der Waals surface area contributed by atoms with E-state index in [1.807, 2.05) is 53.4 Å². The number of aryl methyl sites for hydroxylation is 3. The van der Waals surface area contributed by atoms with Crippen molar-refractivity contribution in [2.24, 2.45) is 21.1 Å². The van der Waals surface area contributed by atoms with E-state index in [2.05, 4.69) is 15.0 Å². The third kappa shape index (κ3) is 2.39. The molecule has 0 aliphatic carbocycles. The summed E-state index contributed by atoms with van der Waals surface area (Å²) in [7, 11) is 9.32. The van der Waals surface area contributed by atoms with E-state index in [4.69, 9.17) is 4.98 Å². The Hall–Kier alpha value is -3.95. The van der Waals surface area contributed by atoms with Crippen LogP contribution in [0.15, 0.2) is 41.8 Å². The molecule has 0 bridgehead atoms. The highest BCUT2D eigenvalue weighted by molar-refractivity contribution is 5.89. The van der Waals surface area contributed by atoms with Crippen molar-refractivity contribution in [3.05, 3.63) is 47.5 Å². The molecule has 0 spiro atoms. The summed E-state index contributed by atoms with van der Waals surface area (Å²) in [5, 5.41) is 0. The van der Waals surface area contributed by atoms with Crippen LogP contribution in [0.4, 0.5) is 5.82 Å². The van der Waals surface area contributed by atoms with Crippen LogP contribution in [0.3, 0.4) is 0 Å². The van der Waals surface area contributed by atoms with E-state index < -0.39 is 0 Å². The molecule has 4 heterocycles. The quantitative estimate of drug-likeness (QED) is 0.453. The van der Waals surface area contributed by atoms with Crippen LogP contribution in [0, 0.1) is 0 Å². The van der Waals surface area contributed by atoms with Gasteiger partial charge in [0.05, 0.1) is 29.2 Å². The molecule has 5 aromatic rings. The van der Waals surface area contributed by atoms with Gasteiger partial charge in [0, 0.05) is 35.2 Å². The lowest BCUT2D eigenvalue weighted by atomic mass is 10.2. The molecule has 0 N–H and O–H groups in total. The van der Waals surface area contributed by atoms with Gasteiger partial charge in [-0.1, -0.05) is 0 Å². The Morgan fingerprint density at radius 2 is 1.77 bits per heavy atom. The molecular formula is C20H21N9O. The monoisotopic (exact) mass is 403 g/mol. The molecule has 0 aliphatic rings. The predicted octanol–water partition coefficient (Wildman–Crippen LogP) is 1.47. The number of nitrogens with zero attached hydrogens (tertiary/aromatic N) is 9. The average Bonchev–Trinajstić information content (AvgIpc) is 3.39. The molecule has 0 fully saturated rings. The summed E-state index contributed by atoms with van der Waals surface area (Å²) in [5.74, 6) is 1.43. The lowest BCUT2D eigenvalue weighted by molar-refractivity contribution is 0.795. The fourth-order valence-electron chi connectivity index (χ4n) is 3.83. The molecule has 0 unspecified atom stereocenters. The summed E-state index contributed by atoms with van der Waals surface area (Å²) in [5.41, 5.74) is 4.71. The minimum atomic E-state index is -0.0679. The van der Waals surface area contributed by atoms with Crippen LogP contribution in [0.5, 0.6) is 0 Å². The van der Waals surface area contributed by atoms with E-state index in [0.29, 0.717) is 17.0 Å². The van der Waals surface area contributed by atoms with Gasteiger partial charge in [-0.15, -0.1) is 0 Å². The molecule has 1 aromatic carbocycles. The smallest absolute Gasteiger partial charge is 0.328 e. The summed E-state index contributed by atoms with van der Waals surface area (Å²) in [6.07, 6.45) is 5.05. The van der Waals surface area contributed by atoms with Crippen molar-refractivity contribution < 1.29 is 0 Å². The molecule has 10 nitrogen and oxygen atoms in total.